The Morgan fingerprint density at radius 1 is 1.07 bits per heavy atom. The van der Waals surface area contributed by atoms with E-state index in [4.69, 9.17) is 18.9 Å². The van der Waals surface area contributed by atoms with Crippen LogP contribution in [-0.4, -0.2) is 46.1 Å². The third-order valence-corrected chi connectivity index (χ3v) is 4.02. The zero-order valence-corrected chi connectivity index (χ0v) is 17.3. The average Bonchev–Trinajstić information content (AvgIpc) is 2.74. The number of carbonyl (C=O) groups is 1. The lowest BCUT2D eigenvalue weighted by atomic mass is 10.2. The Labute approximate surface area is 170 Å². The van der Waals surface area contributed by atoms with Crippen molar-refractivity contribution in [3.63, 3.8) is 0 Å². The van der Waals surface area contributed by atoms with Crippen molar-refractivity contribution in [2.24, 2.45) is 5.10 Å². The van der Waals surface area contributed by atoms with Crippen molar-refractivity contribution in [1.82, 2.24) is 5.43 Å². The van der Waals surface area contributed by atoms with E-state index in [1.807, 2.05) is 31.2 Å². The first-order valence-corrected chi connectivity index (χ1v) is 9.14. The standard InChI is InChI=1S/C21H27N3O5/c1-6-29-17-9-7-16(8-10-17)23-14(2)21(25)24-22-13-15-11-18(26-3)20(28-5)19(12-15)27-4/h7-14,23H,6H2,1-5H3,(H,24,25)/b22-13+. The van der Waals surface area contributed by atoms with Crippen LogP contribution in [0.3, 0.4) is 0 Å². The molecule has 2 N–H and O–H groups in total. The van der Waals surface area contributed by atoms with Crippen molar-refractivity contribution in [3.05, 3.63) is 42.0 Å². The average molecular weight is 401 g/mol. The van der Waals surface area contributed by atoms with Gasteiger partial charge in [0.25, 0.3) is 5.91 Å². The molecule has 0 aliphatic rings. The maximum absolute atomic E-state index is 12.3. The number of benzene rings is 2. The number of nitrogens with zero attached hydrogens (tertiary/aromatic N) is 1. The Morgan fingerprint density at radius 3 is 2.21 bits per heavy atom. The van der Waals surface area contributed by atoms with E-state index in [-0.39, 0.29) is 5.91 Å². The molecule has 1 unspecified atom stereocenters. The molecule has 1 amide bonds. The van der Waals surface area contributed by atoms with Gasteiger partial charge in [-0.05, 0) is 50.2 Å². The molecule has 0 aromatic heterocycles. The SMILES string of the molecule is CCOc1ccc(NC(C)C(=O)N/N=C/c2cc(OC)c(OC)c(OC)c2)cc1. The molecule has 1 atom stereocenters. The first kappa shape index (κ1) is 21.9. The monoisotopic (exact) mass is 401 g/mol. The van der Waals surface area contributed by atoms with E-state index in [1.54, 1.807) is 19.1 Å². The third kappa shape index (κ3) is 6.03. The zero-order chi connectivity index (χ0) is 21.2. The number of hydrazone groups is 1. The third-order valence-electron chi connectivity index (χ3n) is 4.02. The minimum atomic E-state index is -0.481. The molecule has 0 aliphatic carbocycles. The maximum atomic E-state index is 12.3. The number of carbonyl (C=O) groups excluding carboxylic acids is 1. The van der Waals surface area contributed by atoms with Crippen LogP contribution in [0.15, 0.2) is 41.5 Å². The molecule has 2 rings (SSSR count). The van der Waals surface area contributed by atoms with Crippen molar-refractivity contribution in [1.29, 1.82) is 0 Å². The molecule has 2 aromatic carbocycles. The van der Waals surface area contributed by atoms with Gasteiger partial charge in [-0.3, -0.25) is 4.79 Å². The maximum Gasteiger partial charge on any atom is 0.262 e. The summed E-state index contributed by atoms with van der Waals surface area (Å²) < 4.78 is 21.3. The van der Waals surface area contributed by atoms with Crippen molar-refractivity contribution in [3.8, 4) is 23.0 Å². The second-order valence-corrected chi connectivity index (χ2v) is 6.02. The van der Waals surface area contributed by atoms with Gasteiger partial charge < -0.3 is 24.3 Å². The minimum Gasteiger partial charge on any atom is -0.494 e. The Kier molecular flexibility index (Phi) is 8.14. The van der Waals surface area contributed by atoms with E-state index in [0.717, 1.165) is 11.4 Å². The molecular weight excluding hydrogens is 374 g/mol. The van der Waals surface area contributed by atoms with Crippen molar-refractivity contribution >= 4 is 17.8 Å². The summed E-state index contributed by atoms with van der Waals surface area (Å²) in [5, 5.41) is 7.13. The first-order chi connectivity index (χ1) is 14.0. The largest absolute Gasteiger partial charge is 0.494 e. The van der Waals surface area contributed by atoms with Gasteiger partial charge in [0.05, 0.1) is 34.2 Å². The van der Waals surface area contributed by atoms with Gasteiger partial charge in [0.2, 0.25) is 5.75 Å². The summed E-state index contributed by atoms with van der Waals surface area (Å²) >= 11 is 0. The highest BCUT2D eigenvalue weighted by molar-refractivity contribution is 5.87. The van der Waals surface area contributed by atoms with E-state index in [2.05, 4.69) is 15.8 Å². The summed E-state index contributed by atoms with van der Waals surface area (Å²) in [6.45, 7) is 4.29. The molecule has 8 heteroatoms. The summed E-state index contributed by atoms with van der Waals surface area (Å²) in [6.07, 6.45) is 1.51. The quantitative estimate of drug-likeness (QED) is 0.470. The van der Waals surface area contributed by atoms with Crippen LogP contribution < -0.4 is 29.7 Å². The van der Waals surface area contributed by atoms with Crippen LogP contribution in [0, 0.1) is 0 Å². The zero-order valence-electron chi connectivity index (χ0n) is 17.3. The van der Waals surface area contributed by atoms with Gasteiger partial charge in [-0.2, -0.15) is 5.10 Å². The number of rotatable bonds is 10. The van der Waals surface area contributed by atoms with Gasteiger partial charge in [-0.25, -0.2) is 5.43 Å². The summed E-state index contributed by atoms with van der Waals surface area (Å²) in [7, 11) is 4.61. The smallest absolute Gasteiger partial charge is 0.262 e. The summed E-state index contributed by atoms with van der Waals surface area (Å²) in [6, 6.07) is 10.4. The molecule has 156 valence electrons. The van der Waals surface area contributed by atoms with Crippen molar-refractivity contribution < 1.29 is 23.7 Å². The number of hydrogen-bond acceptors (Lipinski definition) is 7. The molecule has 2 aromatic rings. The van der Waals surface area contributed by atoms with Crippen LogP contribution in [0.25, 0.3) is 0 Å². The predicted molar refractivity (Wildman–Crippen MR) is 113 cm³/mol. The van der Waals surface area contributed by atoms with Crippen molar-refractivity contribution in [2.45, 2.75) is 19.9 Å². The van der Waals surface area contributed by atoms with Gasteiger partial charge >= 0.3 is 0 Å². The number of methoxy groups -OCH3 is 3. The second-order valence-electron chi connectivity index (χ2n) is 6.02. The Balaban J connectivity index is 1.97. The number of amides is 1. The lowest BCUT2D eigenvalue weighted by molar-refractivity contribution is -0.121. The molecule has 29 heavy (non-hydrogen) atoms. The highest BCUT2D eigenvalue weighted by Crippen LogP contribution is 2.37. The highest BCUT2D eigenvalue weighted by Gasteiger charge is 2.13. The van der Waals surface area contributed by atoms with Crippen LogP contribution in [-0.2, 0) is 4.79 Å². The number of hydrogen-bond donors (Lipinski definition) is 2. The molecule has 0 radical (unpaired) electrons. The molecule has 0 saturated heterocycles. The Morgan fingerprint density at radius 2 is 1.69 bits per heavy atom. The highest BCUT2D eigenvalue weighted by atomic mass is 16.5. The van der Waals surface area contributed by atoms with Crippen LogP contribution in [0.2, 0.25) is 0 Å². The molecule has 0 saturated carbocycles. The fraction of sp³-hybridized carbons (Fsp3) is 0.333. The van der Waals surface area contributed by atoms with Crippen LogP contribution >= 0.6 is 0 Å². The predicted octanol–water partition coefficient (Wildman–Crippen LogP) is 3.06. The fourth-order valence-electron chi connectivity index (χ4n) is 2.57. The van der Waals surface area contributed by atoms with E-state index < -0.39 is 6.04 Å². The van der Waals surface area contributed by atoms with Crippen LogP contribution in [0.5, 0.6) is 23.0 Å². The fourth-order valence-corrected chi connectivity index (χ4v) is 2.57. The summed E-state index contributed by atoms with van der Waals surface area (Å²) in [5.74, 6) is 2.01. The Hall–Kier alpha value is -3.42. The molecule has 0 fully saturated rings. The van der Waals surface area contributed by atoms with Gasteiger partial charge in [0, 0.05) is 11.3 Å². The normalized spacial score (nSPS) is 11.6. The second kappa shape index (κ2) is 10.8. The summed E-state index contributed by atoms with van der Waals surface area (Å²) in [4.78, 5) is 12.3. The molecule has 0 spiro atoms. The number of ether oxygens (including phenoxy) is 4. The van der Waals surface area contributed by atoms with Crippen LogP contribution in [0.1, 0.15) is 19.4 Å². The lowest BCUT2D eigenvalue weighted by Gasteiger charge is -2.14. The molecule has 0 bridgehead atoms. The molecule has 0 aliphatic heterocycles. The molecule has 8 nitrogen and oxygen atoms in total. The van der Waals surface area contributed by atoms with Crippen molar-refractivity contribution in [2.75, 3.05) is 33.3 Å². The van der Waals surface area contributed by atoms with E-state index in [0.29, 0.717) is 29.4 Å². The number of nitrogens with one attached hydrogen (secondary N) is 2. The van der Waals surface area contributed by atoms with Gasteiger partial charge in [0.15, 0.2) is 11.5 Å². The minimum absolute atomic E-state index is 0.275. The van der Waals surface area contributed by atoms with E-state index >= 15 is 0 Å². The van der Waals surface area contributed by atoms with Gasteiger partial charge in [-0.1, -0.05) is 0 Å². The summed E-state index contributed by atoms with van der Waals surface area (Å²) in [5.41, 5.74) is 4.01. The first-order valence-electron chi connectivity index (χ1n) is 9.14. The topological polar surface area (TPSA) is 90.4 Å². The van der Waals surface area contributed by atoms with Gasteiger partial charge in [-0.15, -0.1) is 0 Å². The number of anilines is 1. The van der Waals surface area contributed by atoms with Crippen LogP contribution in [0.4, 0.5) is 5.69 Å². The van der Waals surface area contributed by atoms with E-state index in [1.165, 1.54) is 27.5 Å². The molecular formula is C21H27N3O5. The Bertz CT molecular complexity index is 812. The lowest BCUT2D eigenvalue weighted by Crippen LogP contribution is -2.34. The van der Waals surface area contributed by atoms with E-state index in [9.17, 15) is 4.79 Å². The van der Waals surface area contributed by atoms with Gasteiger partial charge in [0.1, 0.15) is 11.8 Å². The molecule has 0 heterocycles.